The first kappa shape index (κ1) is 23.2. The van der Waals surface area contributed by atoms with Crippen molar-refractivity contribution in [3.8, 4) is 0 Å². The van der Waals surface area contributed by atoms with Crippen molar-refractivity contribution in [1.29, 1.82) is 0 Å². The fraction of sp³-hybridized carbons (Fsp3) is 1.00. The minimum atomic E-state index is -1.67. The van der Waals surface area contributed by atoms with Crippen LogP contribution in [0.5, 0.6) is 0 Å². The first-order valence-corrected chi connectivity index (χ1v) is 9.64. The van der Waals surface area contributed by atoms with Crippen LogP contribution in [0, 0.1) is 0 Å². The predicted octanol–water partition coefficient (Wildman–Crippen LogP) is -2.86. The zero-order valence-electron chi connectivity index (χ0n) is 15.5. The number of aliphatic hydroxyl groups is 7. The molecule has 2 aliphatic rings. The second kappa shape index (κ2) is 9.18. The van der Waals surface area contributed by atoms with Crippen LogP contribution in [0.1, 0.15) is 20.8 Å². The highest BCUT2D eigenvalue weighted by Gasteiger charge is 2.50. The van der Waals surface area contributed by atoms with Crippen LogP contribution in [0.2, 0.25) is 0 Å². The maximum Gasteiger partial charge on any atom is 0.187 e. The molecule has 0 aromatic rings. The van der Waals surface area contributed by atoms with E-state index in [9.17, 15) is 35.7 Å². The van der Waals surface area contributed by atoms with E-state index in [2.05, 4.69) is 0 Å². The molecule has 0 aromatic heterocycles. The van der Waals surface area contributed by atoms with E-state index >= 15 is 0 Å². The molecule has 2 saturated heterocycles. The van der Waals surface area contributed by atoms with Gasteiger partial charge in [-0.15, -0.1) is 11.8 Å². The molecule has 0 amide bonds. The zero-order chi connectivity index (χ0) is 20.5. The lowest BCUT2D eigenvalue weighted by Crippen LogP contribution is -2.64. The summed E-state index contributed by atoms with van der Waals surface area (Å²) in [4.78, 5) is 0. The number of hydrogen-bond acceptors (Lipinski definition) is 11. The summed E-state index contributed by atoms with van der Waals surface area (Å²) in [5.74, 6) is 0. The van der Waals surface area contributed by atoms with Crippen LogP contribution in [-0.4, -0.2) is 114 Å². The molecular weight excluding hydrogens is 384 g/mol. The summed E-state index contributed by atoms with van der Waals surface area (Å²) in [6.07, 6.45) is -12.7. The van der Waals surface area contributed by atoms with Crippen LogP contribution in [0.3, 0.4) is 0 Å². The normalized spacial score (nSPS) is 46.4. The monoisotopic (exact) mass is 414 g/mol. The molecule has 7 N–H and O–H groups in total. The Labute approximate surface area is 161 Å². The second-order valence-corrected chi connectivity index (χ2v) is 9.66. The number of rotatable bonds is 5. The van der Waals surface area contributed by atoms with Gasteiger partial charge in [0.2, 0.25) is 0 Å². The molecule has 11 heteroatoms. The van der Waals surface area contributed by atoms with E-state index < -0.39 is 73.8 Å². The minimum Gasteiger partial charge on any atom is -0.394 e. The Hall–Kier alpha value is -0.0500. The fourth-order valence-electron chi connectivity index (χ4n) is 3.00. The highest BCUT2D eigenvalue weighted by atomic mass is 32.2. The zero-order valence-corrected chi connectivity index (χ0v) is 16.3. The SMILES string of the molecule is CC(C)(C)S[C@H]1O[C@H](CO)[C@@H](O[C@@H]2O[C@H](CO)[C@H](O)[C@H](O)[C@H]2O)[C@H](O)[C@H]1O. The highest BCUT2D eigenvalue weighted by Crippen LogP contribution is 2.37. The standard InChI is InChI=1S/C16H30O10S/c1-16(2,3)27-15-12(23)10(21)13(7(5-18)25-15)26-14-11(22)9(20)8(19)6(4-17)24-14/h6-15,17-23H,4-5H2,1-3H3/t6-,7-,8+,9+,10-,11-,12-,13-,14+,15-/m1/s1. The van der Waals surface area contributed by atoms with Gasteiger partial charge in [0, 0.05) is 4.75 Å². The Morgan fingerprint density at radius 1 is 0.778 bits per heavy atom. The lowest BCUT2D eigenvalue weighted by atomic mass is 9.97. The molecule has 0 radical (unpaired) electrons. The third-order valence-electron chi connectivity index (χ3n) is 4.43. The molecule has 160 valence electrons. The van der Waals surface area contributed by atoms with E-state index in [1.807, 2.05) is 20.8 Å². The Bertz CT molecular complexity index is 471. The molecule has 10 atom stereocenters. The van der Waals surface area contributed by atoms with Gasteiger partial charge >= 0.3 is 0 Å². The van der Waals surface area contributed by atoms with Crippen LogP contribution < -0.4 is 0 Å². The van der Waals surface area contributed by atoms with E-state index in [1.54, 1.807) is 0 Å². The number of thioether (sulfide) groups is 1. The van der Waals surface area contributed by atoms with E-state index in [0.29, 0.717) is 0 Å². The van der Waals surface area contributed by atoms with Crippen molar-refractivity contribution in [2.75, 3.05) is 13.2 Å². The van der Waals surface area contributed by atoms with Gasteiger partial charge in [-0.25, -0.2) is 0 Å². The van der Waals surface area contributed by atoms with Crippen molar-refractivity contribution in [2.24, 2.45) is 0 Å². The molecular formula is C16H30O10S. The molecule has 2 rings (SSSR count). The van der Waals surface area contributed by atoms with Gasteiger partial charge in [-0.2, -0.15) is 0 Å². The molecule has 0 spiro atoms. The molecule has 0 saturated carbocycles. The summed E-state index contributed by atoms with van der Waals surface area (Å²) in [7, 11) is 0. The molecule has 2 heterocycles. The van der Waals surface area contributed by atoms with Crippen LogP contribution in [0.4, 0.5) is 0 Å². The Balaban J connectivity index is 2.12. The summed E-state index contributed by atoms with van der Waals surface area (Å²) < 4.78 is 16.1. The topological polar surface area (TPSA) is 169 Å². The average Bonchev–Trinajstić information content (AvgIpc) is 2.60. The summed E-state index contributed by atoms with van der Waals surface area (Å²) >= 11 is 1.28. The summed E-state index contributed by atoms with van der Waals surface area (Å²) in [6.45, 7) is 4.55. The largest absolute Gasteiger partial charge is 0.394 e. The third kappa shape index (κ3) is 5.31. The number of ether oxygens (including phenoxy) is 3. The molecule has 27 heavy (non-hydrogen) atoms. The first-order valence-electron chi connectivity index (χ1n) is 8.76. The van der Waals surface area contributed by atoms with Gasteiger partial charge in [0.1, 0.15) is 54.3 Å². The molecule has 0 aromatic carbocycles. The van der Waals surface area contributed by atoms with E-state index in [-0.39, 0.29) is 4.75 Å². The quantitative estimate of drug-likeness (QED) is 0.247. The molecule has 0 aliphatic carbocycles. The Morgan fingerprint density at radius 3 is 1.89 bits per heavy atom. The smallest absolute Gasteiger partial charge is 0.187 e. The van der Waals surface area contributed by atoms with Gasteiger partial charge in [-0.05, 0) is 0 Å². The van der Waals surface area contributed by atoms with Gasteiger partial charge in [0.05, 0.1) is 13.2 Å². The van der Waals surface area contributed by atoms with Crippen LogP contribution in [0.25, 0.3) is 0 Å². The molecule has 0 unspecified atom stereocenters. The number of aliphatic hydroxyl groups excluding tert-OH is 7. The summed E-state index contributed by atoms with van der Waals surface area (Å²) in [5.41, 5.74) is -0.813. The Morgan fingerprint density at radius 2 is 1.37 bits per heavy atom. The maximum absolute atomic E-state index is 10.5. The molecule has 0 bridgehead atoms. The van der Waals surface area contributed by atoms with Crippen molar-refractivity contribution in [2.45, 2.75) is 86.1 Å². The van der Waals surface area contributed by atoms with Gasteiger partial charge in [0.15, 0.2) is 6.29 Å². The van der Waals surface area contributed by atoms with Crippen LogP contribution in [-0.2, 0) is 14.2 Å². The molecule has 10 nitrogen and oxygen atoms in total. The molecule has 2 aliphatic heterocycles. The van der Waals surface area contributed by atoms with Gasteiger partial charge < -0.3 is 50.0 Å². The first-order chi connectivity index (χ1) is 12.5. The number of hydrogen-bond donors (Lipinski definition) is 7. The van der Waals surface area contributed by atoms with Crippen molar-refractivity contribution in [3.63, 3.8) is 0 Å². The van der Waals surface area contributed by atoms with Crippen molar-refractivity contribution < 1.29 is 50.0 Å². The fourth-order valence-corrected chi connectivity index (χ4v) is 4.20. The van der Waals surface area contributed by atoms with Crippen molar-refractivity contribution in [3.05, 3.63) is 0 Å². The average molecular weight is 414 g/mol. The van der Waals surface area contributed by atoms with Gasteiger partial charge in [-0.1, -0.05) is 20.8 Å². The van der Waals surface area contributed by atoms with Gasteiger partial charge in [-0.3, -0.25) is 0 Å². The van der Waals surface area contributed by atoms with Crippen LogP contribution >= 0.6 is 11.8 Å². The maximum atomic E-state index is 10.5. The van der Waals surface area contributed by atoms with E-state index in [4.69, 9.17) is 14.2 Å². The second-order valence-electron chi connectivity index (χ2n) is 7.73. The summed E-state index contributed by atoms with van der Waals surface area (Å²) in [6, 6.07) is 0. The lowest BCUT2D eigenvalue weighted by Gasteiger charge is -2.46. The lowest BCUT2D eigenvalue weighted by molar-refractivity contribution is -0.338. The summed E-state index contributed by atoms with van der Waals surface area (Å²) in [5, 5.41) is 69.5. The van der Waals surface area contributed by atoms with E-state index in [0.717, 1.165) is 0 Å². The predicted molar refractivity (Wildman–Crippen MR) is 93.7 cm³/mol. The van der Waals surface area contributed by atoms with Crippen molar-refractivity contribution >= 4 is 11.8 Å². The van der Waals surface area contributed by atoms with Crippen LogP contribution in [0.15, 0.2) is 0 Å². The molecule has 2 fully saturated rings. The van der Waals surface area contributed by atoms with Crippen molar-refractivity contribution in [1.82, 2.24) is 0 Å². The highest BCUT2D eigenvalue weighted by molar-refractivity contribution is 8.01. The van der Waals surface area contributed by atoms with E-state index in [1.165, 1.54) is 11.8 Å². The Kier molecular flexibility index (Phi) is 7.90. The third-order valence-corrected chi connectivity index (χ3v) is 5.76. The van der Waals surface area contributed by atoms with Gasteiger partial charge in [0.25, 0.3) is 0 Å². The minimum absolute atomic E-state index is 0.281.